The lowest BCUT2D eigenvalue weighted by Crippen LogP contribution is -2.47. The number of rotatable bonds is 7. The smallest absolute Gasteiger partial charge is 0.242 e. The molecule has 1 aromatic carbocycles. The molecule has 170 valence electrons. The Hall–Kier alpha value is -1.10. The second-order valence-electron chi connectivity index (χ2n) is 8.09. The van der Waals surface area contributed by atoms with Gasteiger partial charge >= 0.3 is 0 Å². The van der Waals surface area contributed by atoms with Crippen molar-refractivity contribution in [3.63, 3.8) is 0 Å². The molecule has 1 heterocycles. The molecule has 1 unspecified atom stereocenters. The highest BCUT2D eigenvalue weighted by molar-refractivity contribution is 14.0. The normalized spacial score (nSPS) is 16.4. The molecule has 0 aromatic heterocycles. The summed E-state index contributed by atoms with van der Waals surface area (Å²) in [5, 5.41) is 10.2. The van der Waals surface area contributed by atoms with Crippen LogP contribution < -0.4 is 16.0 Å². The number of hydrogen-bond acceptors (Lipinski definition) is 4. The Bertz CT molecular complexity index is 690. The molecule has 1 saturated heterocycles. The van der Waals surface area contributed by atoms with Crippen molar-refractivity contribution in [2.45, 2.75) is 39.3 Å². The highest BCUT2D eigenvalue weighted by atomic mass is 127. The van der Waals surface area contributed by atoms with Crippen molar-refractivity contribution in [1.29, 1.82) is 0 Å². The van der Waals surface area contributed by atoms with Gasteiger partial charge in [0.1, 0.15) is 6.54 Å². The number of morpholine rings is 1. The van der Waals surface area contributed by atoms with E-state index in [4.69, 9.17) is 16.3 Å². The van der Waals surface area contributed by atoms with E-state index in [2.05, 4.69) is 31.9 Å². The van der Waals surface area contributed by atoms with Crippen LogP contribution in [0.15, 0.2) is 29.3 Å². The number of carbonyl (C=O) groups is 1. The zero-order valence-corrected chi connectivity index (χ0v) is 21.4. The first-order chi connectivity index (χ1) is 13.8. The fourth-order valence-electron chi connectivity index (χ4n) is 3.20. The molecule has 30 heavy (non-hydrogen) atoms. The second-order valence-corrected chi connectivity index (χ2v) is 8.53. The predicted octanol–water partition coefficient (Wildman–Crippen LogP) is 2.80. The number of hydrogen-bond donors (Lipinski definition) is 3. The van der Waals surface area contributed by atoms with Gasteiger partial charge in [0.05, 0.1) is 19.3 Å². The molecule has 2 rings (SSSR count). The number of benzene rings is 1. The number of halogens is 2. The van der Waals surface area contributed by atoms with Crippen LogP contribution in [0.1, 0.15) is 39.3 Å². The van der Waals surface area contributed by atoms with Crippen molar-refractivity contribution in [1.82, 2.24) is 20.9 Å². The van der Waals surface area contributed by atoms with Crippen LogP contribution in [0.25, 0.3) is 0 Å². The van der Waals surface area contributed by atoms with Crippen molar-refractivity contribution in [3.8, 4) is 0 Å². The first-order valence-electron chi connectivity index (χ1n) is 10.2. The number of ether oxygens (including phenoxy) is 1. The van der Waals surface area contributed by atoms with E-state index in [-0.39, 0.29) is 48.0 Å². The average molecular weight is 552 g/mol. The van der Waals surface area contributed by atoms with Gasteiger partial charge in [-0.05, 0) is 45.4 Å². The highest BCUT2D eigenvalue weighted by Gasteiger charge is 2.23. The first kappa shape index (κ1) is 26.9. The van der Waals surface area contributed by atoms with Gasteiger partial charge in [-0.2, -0.15) is 0 Å². The average Bonchev–Trinajstić information content (AvgIpc) is 2.66. The molecule has 1 amide bonds. The van der Waals surface area contributed by atoms with Crippen molar-refractivity contribution < 1.29 is 9.53 Å². The quantitative estimate of drug-likeness (QED) is 0.276. The van der Waals surface area contributed by atoms with Crippen molar-refractivity contribution in [2.75, 3.05) is 45.9 Å². The van der Waals surface area contributed by atoms with E-state index in [9.17, 15) is 4.79 Å². The van der Waals surface area contributed by atoms with Crippen LogP contribution in [0.4, 0.5) is 0 Å². The number of nitrogens with one attached hydrogen (secondary N) is 3. The van der Waals surface area contributed by atoms with Crippen LogP contribution in [0.5, 0.6) is 0 Å². The van der Waals surface area contributed by atoms with Gasteiger partial charge in [-0.25, -0.2) is 4.99 Å². The maximum Gasteiger partial charge on any atom is 0.242 e. The van der Waals surface area contributed by atoms with Crippen LogP contribution in [0, 0.1) is 0 Å². The molecule has 1 aromatic rings. The first-order valence-corrected chi connectivity index (χ1v) is 10.6. The maximum atomic E-state index is 12.1. The van der Waals surface area contributed by atoms with E-state index in [1.165, 1.54) is 0 Å². The van der Waals surface area contributed by atoms with Crippen LogP contribution in [-0.4, -0.2) is 68.2 Å². The summed E-state index contributed by atoms with van der Waals surface area (Å²) in [4.78, 5) is 18.9. The summed E-state index contributed by atoms with van der Waals surface area (Å²) in [6, 6.07) is 8.08. The molecule has 0 radical (unpaired) electrons. The van der Waals surface area contributed by atoms with E-state index < -0.39 is 0 Å². The zero-order chi connectivity index (χ0) is 21.3. The molecular weight excluding hydrogens is 517 g/mol. The summed E-state index contributed by atoms with van der Waals surface area (Å²) in [7, 11) is 0. The summed E-state index contributed by atoms with van der Waals surface area (Å²) in [6.07, 6.45) is 0. The van der Waals surface area contributed by atoms with E-state index in [0.29, 0.717) is 19.0 Å². The maximum absolute atomic E-state index is 12.1. The van der Waals surface area contributed by atoms with E-state index in [1.54, 1.807) is 0 Å². The third kappa shape index (κ3) is 9.80. The van der Waals surface area contributed by atoms with Gasteiger partial charge in [0.25, 0.3) is 0 Å². The summed E-state index contributed by atoms with van der Waals surface area (Å²) in [5.74, 6) is 0.520. The lowest BCUT2D eigenvalue weighted by Gasteiger charge is -2.35. The van der Waals surface area contributed by atoms with Gasteiger partial charge in [-0.3, -0.25) is 9.69 Å². The zero-order valence-electron chi connectivity index (χ0n) is 18.3. The van der Waals surface area contributed by atoms with E-state index >= 15 is 0 Å². The van der Waals surface area contributed by atoms with E-state index in [1.807, 2.05) is 45.9 Å². The molecule has 0 aliphatic carbocycles. The predicted molar refractivity (Wildman–Crippen MR) is 134 cm³/mol. The summed E-state index contributed by atoms with van der Waals surface area (Å²) < 4.78 is 5.51. The molecule has 1 aliphatic rings. The Morgan fingerprint density at radius 2 is 1.97 bits per heavy atom. The molecule has 1 atom stereocenters. The highest BCUT2D eigenvalue weighted by Crippen LogP contribution is 2.23. The molecule has 0 bridgehead atoms. The largest absolute Gasteiger partial charge is 0.379 e. The molecule has 0 saturated carbocycles. The Morgan fingerprint density at radius 1 is 1.27 bits per heavy atom. The third-order valence-electron chi connectivity index (χ3n) is 4.42. The van der Waals surface area contributed by atoms with Gasteiger partial charge in [0.15, 0.2) is 5.96 Å². The van der Waals surface area contributed by atoms with Crippen LogP contribution >= 0.6 is 35.6 Å². The Morgan fingerprint density at radius 3 is 2.57 bits per heavy atom. The molecule has 1 fully saturated rings. The fourth-order valence-corrected chi connectivity index (χ4v) is 3.40. The molecular formula is C21H35ClIN5O2. The molecule has 1 aliphatic heterocycles. The second kappa shape index (κ2) is 13.3. The van der Waals surface area contributed by atoms with Crippen molar-refractivity contribution >= 4 is 47.4 Å². The fraction of sp³-hybridized carbons (Fsp3) is 0.619. The summed E-state index contributed by atoms with van der Waals surface area (Å²) in [6.45, 7) is 12.5. The van der Waals surface area contributed by atoms with Gasteiger partial charge in [-0.15, -0.1) is 24.0 Å². The van der Waals surface area contributed by atoms with Crippen molar-refractivity contribution in [3.05, 3.63) is 34.9 Å². The Labute approximate surface area is 202 Å². The molecule has 3 N–H and O–H groups in total. The van der Waals surface area contributed by atoms with E-state index in [0.717, 1.165) is 36.9 Å². The number of aliphatic imine (C=N–C) groups is 1. The monoisotopic (exact) mass is 551 g/mol. The Kier molecular flexibility index (Phi) is 12.0. The standard InChI is InChI=1S/C21H34ClN5O2.HI/c1-5-23-20(25-15-19(28)26-21(2,3)4)24-14-18(27-9-11-29-12-10-27)16-7-6-8-17(22)13-16;/h6-8,13,18H,5,9-12,14-15H2,1-4H3,(H,26,28)(H2,23,24,25);1H. The van der Waals surface area contributed by atoms with Crippen LogP contribution in [0.2, 0.25) is 5.02 Å². The third-order valence-corrected chi connectivity index (χ3v) is 4.66. The van der Waals surface area contributed by atoms with Gasteiger partial charge in [-0.1, -0.05) is 23.7 Å². The number of amides is 1. The molecule has 9 heteroatoms. The number of carbonyl (C=O) groups excluding carboxylic acids is 1. The lowest BCUT2D eigenvalue weighted by atomic mass is 10.0. The van der Waals surface area contributed by atoms with Gasteiger partial charge in [0, 0.05) is 36.7 Å². The number of guanidine groups is 1. The van der Waals surface area contributed by atoms with Gasteiger partial charge < -0.3 is 20.7 Å². The minimum Gasteiger partial charge on any atom is -0.379 e. The van der Waals surface area contributed by atoms with Crippen LogP contribution in [0.3, 0.4) is 0 Å². The van der Waals surface area contributed by atoms with Crippen LogP contribution in [-0.2, 0) is 9.53 Å². The molecule has 7 nitrogen and oxygen atoms in total. The summed E-state index contributed by atoms with van der Waals surface area (Å²) in [5.41, 5.74) is 0.875. The van der Waals surface area contributed by atoms with Crippen molar-refractivity contribution in [2.24, 2.45) is 4.99 Å². The minimum atomic E-state index is -0.271. The lowest BCUT2D eigenvalue weighted by molar-refractivity contribution is -0.121. The summed E-state index contributed by atoms with van der Waals surface area (Å²) >= 11 is 6.23. The Balaban J connectivity index is 0.00000450. The van der Waals surface area contributed by atoms with Gasteiger partial charge in [0.2, 0.25) is 5.91 Å². The molecule has 0 spiro atoms. The minimum absolute atomic E-state index is 0. The topological polar surface area (TPSA) is 78.0 Å². The number of nitrogens with zero attached hydrogens (tertiary/aromatic N) is 2. The SMILES string of the molecule is CCNC(=NCC(=O)NC(C)(C)C)NCC(c1cccc(Cl)c1)N1CCOCC1.I.